The second-order valence-electron chi connectivity index (χ2n) is 6.98. The standard InChI is InChI=1S/C20H21FN2O3/c1-14-5-2-3-6-16(14)19(24)23-12-20(13-23)15(8-10-26-20)11-25-18-17(21)7-4-9-22-18/h2-7,9,15H,8,10-13H2,1H3/t15-/m1/s1. The van der Waals surface area contributed by atoms with Crippen molar-refractivity contribution in [3.63, 3.8) is 0 Å². The van der Waals surface area contributed by atoms with E-state index < -0.39 is 5.82 Å². The molecular formula is C20H21FN2O3. The van der Waals surface area contributed by atoms with Gasteiger partial charge >= 0.3 is 0 Å². The summed E-state index contributed by atoms with van der Waals surface area (Å²) in [5.41, 5.74) is 1.31. The lowest BCUT2D eigenvalue weighted by Crippen LogP contribution is -2.66. The zero-order chi connectivity index (χ0) is 18.1. The van der Waals surface area contributed by atoms with E-state index in [1.165, 1.54) is 18.3 Å². The minimum Gasteiger partial charge on any atom is -0.475 e. The van der Waals surface area contributed by atoms with Crippen molar-refractivity contribution in [2.24, 2.45) is 5.92 Å². The first-order valence-corrected chi connectivity index (χ1v) is 8.81. The molecule has 2 aliphatic heterocycles. The first-order valence-electron chi connectivity index (χ1n) is 8.81. The van der Waals surface area contributed by atoms with E-state index in [9.17, 15) is 9.18 Å². The number of likely N-dealkylation sites (tertiary alicyclic amines) is 1. The molecule has 0 bridgehead atoms. The SMILES string of the molecule is Cc1ccccc1C(=O)N1CC2(C1)OCC[C@@H]2COc1ncccc1F. The molecule has 1 spiro atoms. The second kappa shape index (κ2) is 6.68. The third-order valence-electron chi connectivity index (χ3n) is 5.33. The van der Waals surface area contributed by atoms with E-state index in [1.807, 2.05) is 36.1 Å². The van der Waals surface area contributed by atoms with Gasteiger partial charge in [-0.25, -0.2) is 9.37 Å². The van der Waals surface area contributed by atoms with E-state index in [0.29, 0.717) is 26.3 Å². The molecule has 2 aromatic rings. The Bertz CT molecular complexity index is 820. The van der Waals surface area contributed by atoms with Gasteiger partial charge in [-0.15, -0.1) is 0 Å². The molecule has 2 aliphatic rings. The predicted octanol–water partition coefficient (Wildman–Crippen LogP) is 2.84. The summed E-state index contributed by atoms with van der Waals surface area (Å²) in [7, 11) is 0. The monoisotopic (exact) mass is 356 g/mol. The normalized spacial score (nSPS) is 20.8. The zero-order valence-corrected chi connectivity index (χ0v) is 14.7. The Morgan fingerprint density at radius 3 is 2.92 bits per heavy atom. The van der Waals surface area contributed by atoms with Crippen molar-refractivity contribution < 1.29 is 18.7 Å². The van der Waals surface area contributed by atoms with Gasteiger partial charge < -0.3 is 14.4 Å². The molecule has 1 aromatic heterocycles. The van der Waals surface area contributed by atoms with E-state index in [1.54, 1.807) is 0 Å². The summed E-state index contributed by atoms with van der Waals surface area (Å²) in [6.45, 7) is 3.98. The summed E-state index contributed by atoms with van der Waals surface area (Å²) in [6, 6.07) is 10.4. The lowest BCUT2D eigenvalue weighted by molar-refractivity contribution is -0.122. The number of hydrogen-bond acceptors (Lipinski definition) is 4. The smallest absolute Gasteiger partial charge is 0.254 e. The minimum atomic E-state index is -0.467. The van der Waals surface area contributed by atoms with Crippen LogP contribution in [-0.2, 0) is 4.74 Å². The van der Waals surface area contributed by atoms with Crippen LogP contribution in [0.15, 0.2) is 42.6 Å². The molecule has 3 heterocycles. The number of benzene rings is 1. The van der Waals surface area contributed by atoms with E-state index in [0.717, 1.165) is 17.5 Å². The molecular weight excluding hydrogens is 335 g/mol. The van der Waals surface area contributed by atoms with Crippen molar-refractivity contribution in [1.29, 1.82) is 0 Å². The van der Waals surface area contributed by atoms with E-state index in [-0.39, 0.29) is 23.3 Å². The van der Waals surface area contributed by atoms with Crippen molar-refractivity contribution >= 4 is 5.91 Å². The molecule has 0 saturated carbocycles. The quantitative estimate of drug-likeness (QED) is 0.845. The summed E-state index contributed by atoms with van der Waals surface area (Å²) in [6.07, 6.45) is 2.34. The average Bonchev–Trinajstić information content (AvgIpc) is 3.03. The molecule has 4 rings (SSSR count). The summed E-state index contributed by atoms with van der Waals surface area (Å²) >= 11 is 0. The van der Waals surface area contributed by atoms with E-state index in [4.69, 9.17) is 9.47 Å². The highest BCUT2D eigenvalue weighted by Gasteiger charge is 2.54. The topological polar surface area (TPSA) is 51.7 Å². The maximum absolute atomic E-state index is 13.7. The molecule has 0 unspecified atom stereocenters. The number of pyridine rings is 1. The molecule has 5 nitrogen and oxygen atoms in total. The van der Waals surface area contributed by atoms with Crippen molar-refractivity contribution in [2.75, 3.05) is 26.3 Å². The van der Waals surface area contributed by atoms with Crippen LogP contribution in [0.25, 0.3) is 0 Å². The Labute approximate surface area is 151 Å². The van der Waals surface area contributed by atoms with Gasteiger partial charge in [-0.2, -0.15) is 0 Å². The molecule has 0 N–H and O–H groups in total. The first kappa shape index (κ1) is 17.0. The Balaban J connectivity index is 1.40. The van der Waals surface area contributed by atoms with Crippen LogP contribution in [0.1, 0.15) is 22.3 Å². The van der Waals surface area contributed by atoms with Gasteiger partial charge in [0.1, 0.15) is 5.60 Å². The first-order chi connectivity index (χ1) is 12.6. The number of aromatic nitrogens is 1. The van der Waals surface area contributed by atoms with Crippen LogP contribution in [0.2, 0.25) is 0 Å². The molecule has 0 aliphatic carbocycles. The number of aryl methyl sites for hydroxylation is 1. The van der Waals surface area contributed by atoms with Crippen LogP contribution in [0.5, 0.6) is 5.88 Å². The van der Waals surface area contributed by atoms with Gasteiger partial charge in [0.05, 0.1) is 19.7 Å². The molecule has 2 saturated heterocycles. The van der Waals surface area contributed by atoms with Gasteiger partial charge in [-0.3, -0.25) is 4.79 Å². The van der Waals surface area contributed by atoms with Crippen molar-refractivity contribution in [3.8, 4) is 5.88 Å². The lowest BCUT2D eigenvalue weighted by atomic mass is 9.81. The molecule has 2 fully saturated rings. The minimum absolute atomic E-state index is 0.0155. The Morgan fingerprint density at radius 2 is 2.15 bits per heavy atom. The Hall–Kier alpha value is -2.47. The van der Waals surface area contributed by atoms with Crippen LogP contribution in [0.4, 0.5) is 4.39 Å². The highest BCUT2D eigenvalue weighted by atomic mass is 19.1. The third kappa shape index (κ3) is 2.94. The van der Waals surface area contributed by atoms with Crippen LogP contribution in [0, 0.1) is 18.7 Å². The number of nitrogens with zero attached hydrogens (tertiary/aromatic N) is 2. The number of carbonyl (C=O) groups is 1. The summed E-state index contributed by atoms with van der Waals surface area (Å²) in [5, 5.41) is 0. The fourth-order valence-corrected chi connectivity index (χ4v) is 3.75. The van der Waals surface area contributed by atoms with Crippen LogP contribution in [-0.4, -0.2) is 47.7 Å². The van der Waals surface area contributed by atoms with E-state index in [2.05, 4.69) is 4.98 Å². The number of hydrogen-bond donors (Lipinski definition) is 0. The van der Waals surface area contributed by atoms with Crippen LogP contribution in [0.3, 0.4) is 0 Å². The maximum atomic E-state index is 13.7. The molecule has 1 atom stereocenters. The van der Waals surface area contributed by atoms with Gasteiger partial charge in [0.25, 0.3) is 5.91 Å². The lowest BCUT2D eigenvalue weighted by Gasteiger charge is -2.50. The predicted molar refractivity (Wildman–Crippen MR) is 93.6 cm³/mol. The fourth-order valence-electron chi connectivity index (χ4n) is 3.75. The molecule has 0 radical (unpaired) electrons. The van der Waals surface area contributed by atoms with Gasteiger partial charge in [-0.05, 0) is 37.1 Å². The highest BCUT2D eigenvalue weighted by molar-refractivity contribution is 5.96. The number of ether oxygens (including phenoxy) is 2. The third-order valence-corrected chi connectivity index (χ3v) is 5.33. The van der Waals surface area contributed by atoms with Crippen molar-refractivity contribution in [2.45, 2.75) is 18.9 Å². The maximum Gasteiger partial charge on any atom is 0.254 e. The molecule has 1 aromatic carbocycles. The van der Waals surface area contributed by atoms with Gasteiger partial charge in [-0.1, -0.05) is 18.2 Å². The molecule has 26 heavy (non-hydrogen) atoms. The summed E-state index contributed by atoms with van der Waals surface area (Å²) in [5.74, 6) is -0.309. The second-order valence-corrected chi connectivity index (χ2v) is 6.98. The highest BCUT2D eigenvalue weighted by Crippen LogP contribution is 2.40. The fraction of sp³-hybridized carbons (Fsp3) is 0.400. The number of halogens is 1. The van der Waals surface area contributed by atoms with E-state index >= 15 is 0 Å². The van der Waals surface area contributed by atoms with Crippen molar-refractivity contribution in [3.05, 3.63) is 59.5 Å². The molecule has 1 amide bonds. The van der Waals surface area contributed by atoms with Gasteiger partial charge in [0.15, 0.2) is 5.82 Å². The summed E-state index contributed by atoms with van der Waals surface area (Å²) < 4.78 is 25.2. The summed E-state index contributed by atoms with van der Waals surface area (Å²) in [4.78, 5) is 18.4. The molecule has 136 valence electrons. The average molecular weight is 356 g/mol. The van der Waals surface area contributed by atoms with Crippen LogP contribution >= 0.6 is 0 Å². The number of carbonyl (C=O) groups excluding carboxylic acids is 1. The Morgan fingerprint density at radius 1 is 1.35 bits per heavy atom. The number of amides is 1. The van der Waals surface area contributed by atoms with Gasteiger partial charge in [0.2, 0.25) is 5.88 Å². The van der Waals surface area contributed by atoms with Crippen LogP contribution < -0.4 is 4.74 Å². The number of rotatable bonds is 4. The zero-order valence-electron chi connectivity index (χ0n) is 14.7. The van der Waals surface area contributed by atoms with Crippen molar-refractivity contribution in [1.82, 2.24) is 9.88 Å². The van der Waals surface area contributed by atoms with Gasteiger partial charge in [0, 0.05) is 24.3 Å². The Kier molecular flexibility index (Phi) is 4.36. The largest absolute Gasteiger partial charge is 0.475 e. The molecule has 6 heteroatoms.